The maximum absolute atomic E-state index is 5.97. The van der Waals surface area contributed by atoms with Crippen LogP contribution in [0.15, 0.2) is 0 Å². The molecule has 0 saturated carbocycles. The van der Waals surface area contributed by atoms with Crippen molar-refractivity contribution in [1.29, 1.82) is 0 Å². The monoisotopic (exact) mass is 298 g/mol. The molecular formula is C17H34N2O2. The van der Waals surface area contributed by atoms with E-state index in [0.29, 0.717) is 11.5 Å². The lowest BCUT2D eigenvalue weighted by Gasteiger charge is -2.39. The Balaban J connectivity index is 1.81. The molecule has 0 aliphatic carbocycles. The van der Waals surface area contributed by atoms with Crippen LogP contribution in [0.25, 0.3) is 0 Å². The van der Waals surface area contributed by atoms with Gasteiger partial charge in [0.2, 0.25) is 0 Å². The molecule has 4 heteroatoms. The minimum atomic E-state index is 0.321. The molecule has 0 bridgehead atoms. The highest BCUT2D eigenvalue weighted by atomic mass is 16.5. The summed E-state index contributed by atoms with van der Waals surface area (Å²) in [6.07, 6.45) is 6.47. The van der Waals surface area contributed by atoms with Crippen LogP contribution in [0.3, 0.4) is 0 Å². The van der Waals surface area contributed by atoms with Gasteiger partial charge in [-0.25, -0.2) is 0 Å². The predicted molar refractivity (Wildman–Crippen MR) is 86.7 cm³/mol. The second kappa shape index (κ2) is 9.09. The maximum Gasteiger partial charge on any atom is 0.0702 e. The average molecular weight is 298 g/mol. The Hall–Kier alpha value is -0.160. The van der Waals surface area contributed by atoms with Crippen LogP contribution in [-0.4, -0.2) is 63.5 Å². The smallest absolute Gasteiger partial charge is 0.0702 e. The Bertz CT molecular complexity index is 280. The fourth-order valence-electron chi connectivity index (χ4n) is 3.55. The zero-order valence-corrected chi connectivity index (χ0v) is 14.0. The molecule has 0 aromatic carbocycles. The largest absolute Gasteiger partial charge is 0.381 e. The van der Waals surface area contributed by atoms with E-state index < -0.39 is 0 Å². The molecule has 2 fully saturated rings. The Morgan fingerprint density at radius 2 is 2.24 bits per heavy atom. The van der Waals surface area contributed by atoms with E-state index in [1.807, 2.05) is 0 Å². The molecule has 0 amide bonds. The van der Waals surface area contributed by atoms with Gasteiger partial charge in [-0.3, -0.25) is 0 Å². The van der Waals surface area contributed by atoms with Gasteiger partial charge in [0.1, 0.15) is 0 Å². The zero-order valence-electron chi connectivity index (χ0n) is 14.0. The van der Waals surface area contributed by atoms with Crippen molar-refractivity contribution in [2.24, 2.45) is 5.41 Å². The second-order valence-electron chi connectivity index (χ2n) is 6.85. The molecule has 1 N–H and O–H groups in total. The van der Waals surface area contributed by atoms with Crippen LogP contribution in [0, 0.1) is 5.41 Å². The summed E-state index contributed by atoms with van der Waals surface area (Å²) >= 11 is 0. The van der Waals surface area contributed by atoms with Crippen molar-refractivity contribution in [3.63, 3.8) is 0 Å². The number of hydrogen-bond donors (Lipinski definition) is 1. The lowest BCUT2D eigenvalue weighted by atomic mass is 9.85. The van der Waals surface area contributed by atoms with Crippen molar-refractivity contribution in [3.8, 4) is 0 Å². The van der Waals surface area contributed by atoms with Crippen molar-refractivity contribution in [2.45, 2.75) is 52.1 Å². The summed E-state index contributed by atoms with van der Waals surface area (Å²) in [6, 6.07) is 0. The Labute approximate surface area is 130 Å². The molecule has 2 rings (SSSR count). The number of hydrogen-bond acceptors (Lipinski definition) is 4. The molecule has 2 aliphatic rings. The van der Waals surface area contributed by atoms with Gasteiger partial charge in [0, 0.05) is 38.3 Å². The summed E-state index contributed by atoms with van der Waals surface area (Å²) in [7, 11) is 0. The number of rotatable bonds is 9. The number of nitrogens with one attached hydrogen (secondary N) is 1. The lowest BCUT2D eigenvalue weighted by Crippen LogP contribution is -2.49. The summed E-state index contributed by atoms with van der Waals surface area (Å²) in [6.45, 7) is 12.9. The number of likely N-dealkylation sites (tertiary alicyclic amines) is 1. The van der Waals surface area contributed by atoms with Gasteiger partial charge in [-0.1, -0.05) is 13.8 Å². The standard InChI is InChI=1S/C17H34N2O2/c1-3-8-18-13-17(7-11-20-15-17)14-19-9-5-6-16(12-19)21-10-4-2/h16,18H,3-15H2,1-2H3. The van der Waals surface area contributed by atoms with Gasteiger partial charge in [-0.05, 0) is 45.2 Å². The van der Waals surface area contributed by atoms with Gasteiger partial charge in [0.25, 0.3) is 0 Å². The second-order valence-corrected chi connectivity index (χ2v) is 6.85. The molecule has 0 spiro atoms. The number of nitrogens with zero attached hydrogens (tertiary/aromatic N) is 1. The van der Waals surface area contributed by atoms with Crippen LogP contribution in [0.2, 0.25) is 0 Å². The first kappa shape index (κ1) is 17.2. The molecule has 2 heterocycles. The summed E-state index contributed by atoms with van der Waals surface area (Å²) in [5.74, 6) is 0. The van der Waals surface area contributed by atoms with E-state index in [2.05, 4.69) is 24.1 Å². The summed E-state index contributed by atoms with van der Waals surface area (Å²) in [5, 5.41) is 3.62. The highest BCUT2D eigenvalue weighted by Crippen LogP contribution is 2.30. The zero-order chi connectivity index (χ0) is 15.0. The van der Waals surface area contributed by atoms with Gasteiger partial charge in [-0.15, -0.1) is 0 Å². The van der Waals surface area contributed by atoms with Crippen molar-refractivity contribution in [1.82, 2.24) is 10.2 Å². The fourth-order valence-corrected chi connectivity index (χ4v) is 3.55. The lowest BCUT2D eigenvalue weighted by molar-refractivity contribution is -0.0130. The average Bonchev–Trinajstić information content (AvgIpc) is 2.94. The third-order valence-corrected chi connectivity index (χ3v) is 4.69. The van der Waals surface area contributed by atoms with Crippen LogP contribution in [-0.2, 0) is 9.47 Å². The quantitative estimate of drug-likeness (QED) is 0.662. The molecule has 2 unspecified atom stereocenters. The Morgan fingerprint density at radius 1 is 1.33 bits per heavy atom. The molecule has 2 aliphatic heterocycles. The summed E-state index contributed by atoms with van der Waals surface area (Å²) in [5.41, 5.74) is 0.321. The minimum absolute atomic E-state index is 0.321. The van der Waals surface area contributed by atoms with Crippen molar-refractivity contribution >= 4 is 0 Å². The third-order valence-electron chi connectivity index (χ3n) is 4.69. The number of ether oxygens (including phenoxy) is 2. The SMILES string of the molecule is CCCNCC1(CN2CCCC(OCCC)C2)CCOC1. The summed E-state index contributed by atoms with van der Waals surface area (Å²) in [4.78, 5) is 2.62. The van der Waals surface area contributed by atoms with E-state index in [0.717, 1.165) is 52.4 Å². The van der Waals surface area contributed by atoms with Gasteiger partial charge in [0.15, 0.2) is 0 Å². The van der Waals surface area contributed by atoms with Gasteiger partial charge in [0.05, 0.1) is 12.7 Å². The molecule has 0 aromatic heterocycles. The van der Waals surface area contributed by atoms with E-state index in [4.69, 9.17) is 9.47 Å². The van der Waals surface area contributed by atoms with Crippen LogP contribution in [0.1, 0.15) is 46.0 Å². The molecule has 21 heavy (non-hydrogen) atoms. The highest BCUT2D eigenvalue weighted by Gasteiger charge is 2.37. The molecule has 124 valence electrons. The van der Waals surface area contributed by atoms with Gasteiger partial charge >= 0.3 is 0 Å². The van der Waals surface area contributed by atoms with E-state index in [9.17, 15) is 0 Å². The Morgan fingerprint density at radius 3 is 2.95 bits per heavy atom. The first-order chi connectivity index (χ1) is 10.3. The van der Waals surface area contributed by atoms with Gasteiger partial charge in [-0.2, -0.15) is 0 Å². The summed E-state index contributed by atoms with van der Waals surface area (Å²) < 4.78 is 11.7. The van der Waals surface area contributed by atoms with Crippen LogP contribution < -0.4 is 5.32 Å². The molecular weight excluding hydrogens is 264 g/mol. The molecule has 0 aromatic rings. The van der Waals surface area contributed by atoms with E-state index in [1.54, 1.807) is 0 Å². The van der Waals surface area contributed by atoms with E-state index in [-0.39, 0.29) is 0 Å². The van der Waals surface area contributed by atoms with Crippen molar-refractivity contribution in [2.75, 3.05) is 52.5 Å². The fraction of sp³-hybridized carbons (Fsp3) is 1.00. The van der Waals surface area contributed by atoms with Crippen LogP contribution in [0.5, 0.6) is 0 Å². The van der Waals surface area contributed by atoms with E-state index in [1.165, 1.54) is 32.2 Å². The van der Waals surface area contributed by atoms with Crippen LogP contribution >= 0.6 is 0 Å². The molecule has 2 saturated heterocycles. The van der Waals surface area contributed by atoms with E-state index >= 15 is 0 Å². The van der Waals surface area contributed by atoms with Crippen LogP contribution in [0.4, 0.5) is 0 Å². The third kappa shape index (κ3) is 5.51. The Kier molecular flexibility index (Phi) is 7.44. The van der Waals surface area contributed by atoms with Crippen molar-refractivity contribution < 1.29 is 9.47 Å². The maximum atomic E-state index is 5.97. The first-order valence-corrected chi connectivity index (χ1v) is 8.90. The first-order valence-electron chi connectivity index (χ1n) is 8.90. The number of piperidine rings is 1. The predicted octanol–water partition coefficient (Wildman–Crippen LogP) is 2.28. The topological polar surface area (TPSA) is 33.7 Å². The van der Waals surface area contributed by atoms with Gasteiger partial charge < -0.3 is 19.7 Å². The minimum Gasteiger partial charge on any atom is -0.381 e. The molecule has 0 radical (unpaired) electrons. The van der Waals surface area contributed by atoms with Crippen molar-refractivity contribution in [3.05, 3.63) is 0 Å². The molecule has 4 nitrogen and oxygen atoms in total. The highest BCUT2D eigenvalue weighted by molar-refractivity contribution is 4.90. The normalized spacial score (nSPS) is 30.9. The molecule has 2 atom stereocenters.